The molecule has 0 unspecified atom stereocenters. The average molecular weight is 555 g/mol. The van der Waals surface area contributed by atoms with Gasteiger partial charge in [0.2, 0.25) is 0 Å². The summed E-state index contributed by atoms with van der Waals surface area (Å²) < 4.78 is 55.8. The number of halogens is 4. The third-order valence-electron chi connectivity index (χ3n) is 7.14. The van der Waals surface area contributed by atoms with Crippen molar-refractivity contribution < 1.29 is 22.4 Å². The van der Waals surface area contributed by atoms with E-state index in [1.54, 1.807) is 12.4 Å². The number of H-pyrrole nitrogens is 1. The van der Waals surface area contributed by atoms with Gasteiger partial charge in [-0.05, 0) is 31.0 Å². The van der Waals surface area contributed by atoms with Gasteiger partial charge in [-0.3, -0.25) is 14.4 Å². The fourth-order valence-electron chi connectivity index (χ4n) is 5.09. The molecule has 1 atom stereocenters. The molecule has 0 aliphatic carbocycles. The smallest absolute Gasteiger partial charge is 0.346 e. The van der Waals surface area contributed by atoms with Crippen LogP contribution >= 0.6 is 0 Å². The van der Waals surface area contributed by atoms with Crippen molar-refractivity contribution in [2.45, 2.75) is 38.0 Å². The third kappa shape index (κ3) is 5.67. The zero-order chi connectivity index (χ0) is 28.3. The Morgan fingerprint density at radius 3 is 2.70 bits per heavy atom. The molecule has 0 spiro atoms. The second-order valence-electron chi connectivity index (χ2n) is 9.61. The molecule has 0 saturated carbocycles. The van der Waals surface area contributed by atoms with Crippen LogP contribution < -0.4 is 0 Å². The quantitative estimate of drug-likeness (QED) is 0.254. The summed E-state index contributed by atoms with van der Waals surface area (Å²) in [6.07, 6.45) is 3.84. The highest BCUT2D eigenvalue weighted by Gasteiger charge is 2.37. The lowest BCUT2D eigenvalue weighted by atomic mass is 10.1. The van der Waals surface area contributed by atoms with Crippen LogP contribution in [0.5, 0.6) is 0 Å². The molecular weight excluding hydrogens is 528 g/mol. The normalized spacial score (nSPS) is 15.3. The Kier molecular flexibility index (Phi) is 7.79. The molecule has 4 heterocycles. The first kappa shape index (κ1) is 27.3. The summed E-state index contributed by atoms with van der Waals surface area (Å²) in [7, 11) is 0. The van der Waals surface area contributed by atoms with E-state index in [0.717, 1.165) is 34.4 Å². The first-order chi connectivity index (χ1) is 19.3. The summed E-state index contributed by atoms with van der Waals surface area (Å²) in [5.74, 6) is -2.31. The number of carbonyl (C=O) groups is 1. The minimum absolute atomic E-state index is 0.00122. The number of carbonyl (C=O) groups excluding carboxylic acids is 1. The number of nitrogens with one attached hydrogen (secondary N) is 1. The summed E-state index contributed by atoms with van der Waals surface area (Å²) in [6, 6.07) is 6.82. The molecule has 9 nitrogen and oxygen atoms in total. The van der Waals surface area contributed by atoms with Gasteiger partial charge < -0.3 is 9.88 Å². The van der Waals surface area contributed by atoms with E-state index in [1.165, 1.54) is 11.2 Å². The highest BCUT2D eigenvalue weighted by Crippen LogP contribution is 2.33. The zero-order valence-electron chi connectivity index (χ0n) is 21.4. The van der Waals surface area contributed by atoms with E-state index < -0.39 is 29.0 Å². The van der Waals surface area contributed by atoms with Crippen LogP contribution in [0, 0.1) is 17.1 Å². The van der Waals surface area contributed by atoms with Crippen LogP contribution in [0.1, 0.15) is 35.2 Å². The van der Waals surface area contributed by atoms with Crippen LogP contribution in [-0.4, -0.2) is 72.7 Å². The highest BCUT2D eigenvalue weighted by molar-refractivity contribution is 5.95. The largest absolute Gasteiger partial charge is 0.419 e. The van der Waals surface area contributed by atoms with Gasteiger partial charge in [0.1, 0.15) is 17.8 Å². The van der Waals surface area contributed by atoms with Crippen molar-refractivity contribution >= 4 is 16.9 Å². The number of benzene rings is 1. The van der Waals surface area contributed by atoms with Crippen LogP contribution in [0.2, 0.25) is 0 Å². The molecule has 1 saturated heterocycles. The van der Waals surface area contributed by atoms with Crippen LogP contribution in [0.3, 0.4) is 0 Å². The number of hydrogen-bond donors (Lipinski definition) is 1. The average Bonchev–Trinajstić information content (AvgIpc) is 3.62. The highest BCUT2D eigenvalue weighted by atomic mass is 19.4. The molecule has 13 heteroatoms. The van der Waals surface area contributed by atoms with Crippen LogP contribution in [0.25, 0.3) is 22.3 Å². The molecule has 4 aromatic rings. The first-order valence-corrected chi connectivity index (χ1v) is 12.8. The van der Waals surface area contributed by atoms with Gasteiger partial charge in [-0.15, -0.1) is 0 Å². The predicted molar refractivity (Wildman–Crippen MR) is 137 cm³/mol. The molecule has 0 bridgehead atoms. The van der Waals surface area contributed by atoms with E-state index in [0.29, 0.717) is 45.0 Å². The molecule has 3 aromatic heterocycles. The Balaban J connectivity index is 1.27. The number of aromatic amines is 1. The van der Waals surface area contributed by atoms with Crippen LogP contribution in [0.4, 0.5) is 17.6 Å². The molecule has 40 heavy (non-hydrogen) atoms. The van der Waals surface area contributed by atoms with Crippen molar-refractivity contribution in [1.82, 2.24) is 34.5 Å². The van der Waals surface area contributed by atoms with Crippen LogP contribution in [-0.2, 0) is 12.7 Å². The SMILES string of the molecule is N#CCCC[C@H](Cn1cc(-c2ncnc3[nH]ccc23)cn1)N1CCN(C(=O)c2cccc(C(F)(F)F)c2F)CC1. The van der Waals surface area contributed by atoms with Gasteiger partial charge in [0.15, 0.2) is 0 Å². The molecule has 208 valence electrons. The second kappa shape index (κ2) is 11.4. The van der Waals surface area contributed by atoms with Crippen molar-refractivity contribution in [3.63, 3.8) is 0 Å². The van der Waals surface area contributed by atoms with Gasteiger partial charge in [0.05, 0.1) is 35.6 Å². The molecule has 1 aliphatic rings. The Hall–Kier alpha value is -4.31. The Labute approximate surface area is 227 Å². The topological polar surface area (TPSA) is 107 Å². The van der Waals surface area contributed by atoms with Gasteiger partial charge >= 0.3 is 6.18 Å². The molecule has 0 radical (unpaired) electrons. The minimum Gasteiger partial charge on any atom is -0.346 e. The molecule has 1 N–H and O–H groups in total. The zero-order valence-corrected chi connectivity index (χ0v) is 21.4. The maximum absolute atomic E-state index is 14.6. The number of alkyl halides is 3. The fraction of sp³-hybridized carbons (Fsp3) is 0.370. The number of piperazine rings is 1. The van der Waals surface area contributed by atoms with Gasteiger partial charge in [-0.1, -0.05) is 6.07 Å². The second-order valence-corrected chi connectivity index (χ2v) is 9.61. The Morgan fingerprint density at radius 2 is 1.95 bits per heavy atom. The summed E-state index contributed by atoms with van der Waals surface area (Å²) in [6.45, 7) is 1.91. The van der Waals surface area contributed by atoms with E-state index in [4.69, 9.17) is 5.26 Å². The van der Waals surface area contributed by atoms with Gasteiger partial charge in [-0.25, -0.2) is 14.4 Å². The van der Waals surface area contributed by atoms with Gasteiger partial charge in [0.25, 0.3) is 5.91 Å². The number of hydrogen-bond acceptors (Lipinski definition) is 6. The third-order valence-corrected chi connectivity index (χ3v) is 7.14. The predicted octanol–water partition coefficient (Wildman–Crippen LogP) is 4.50. The summed E-state index contributed by atoms with van der Waals surface area (Å²) in [4.78, 5) is 28.2. The summed E-state index contributed by atoms with van der Waals surface area (Å²) in [5.41, 5.74) is 0.282. The maximum atomic E-state index is 14.6. The molecular formula is C27H26F4N8O. The fourth-order valence-corrected chi connectivity index (χ4v) is 5.09. The minimum atomic E-state index is -4.89. The molecule has 5 rings (SSSR count). The lowest BCUT2D eigenvalue weighted by Crippen LogP contribution is -2.53. The van der Waals surface area contributed by atoms with Crippen molar-refractivity contribution in [3.05, 3.63) is 66.1 Å². The monoisotopic (exact) mass is 554 g/mol. The van der Waals surface area contributed by atoms with E-state index in [-0.39, 0.29) is 19.1 Å². The number of nitrogens with zero attached hydrogens (tertiary/aromatic N) is 7. The summed E-state index contributed by atoms with van der Waals surface area (Å²) >= 11 is 0. The standard InChI is InChI=1S/C27H26F4N8O/c28-23-20(5-3-6-22(23)27(29,30)31)26(40)38-12-10-37(11-13-38)19(4-1-2-8-32)16-39-15-18(14-36-39)24-21-7-9-33-25(21)35-17-34-24/h3,5-7,9,14-15,17,19H,1-2,4,10-13,16H2,(H,33,34,35)/t19-/m1/s1. The van der Waals surface area contributed by atoms with E-state index in [1.807, 2.05) is 16.9 Å². The molecule has 1 fully saturated rings. The lowest BCUT2D eigenvalue weighted by Gasteiger charge is -2.39. The molecule has 1 aromatic carbocycles. The molecule has 1 amide bonds. The number of aromatic nitrogens is 5. The van der Waals surface area contributed by atoms with Crippen molar-refractivity contribution in [2.24, 2.45) is 0 Å². The van der Waals surface area contributed by atoms with E-state index >= 15 is 0 Å². The van der Waals surface area contributed by atoms with E-state index in [2.05, 4.69) is 31.0 Å². The number of rotatable bonds is 8. The maximum Gasteiger partial charge on any atom is 0.419 e. The molecule has 1 aliphatic heterocycles. The lowest BCUT2D eigenvalue weighted by molar-refractivity contribution is -0.140. The van der Waals surface area contributed by atoms with Gasteiger partial charge in [0, 0.05) is 62.0 Å². The van der Waals surface area contributed by atoms with Crippen molar-refractivity contribution in [3.8, 4) is 17.3 Å². The van der Waals surface area contributed by atoms with Crippen LogP contribution in [0.15, 0.2) is 49.2 Å². The van der Waals surface area contributed by atoms with E-state index in [9.17, 15) is 22.4 Å². The number of unbranched alkanes of at least 4 members (excludes halogenated alkanes) is 1. The number of fused-ring (bicyclic) bond motifs is 1. The van der Waals surface area contributed by atoms with Crippen molar-refractivity contribution in [2.75, 3.05) is 26.2 Å². The Morgan fingerprint density at radius 1 is 1.15 bits per heavy atom. The first-order valence-electron chi connectivity index (χ1n) is 12.8. The van der Waals surface area contributed by atoms with Gasteiger partial charge in [-0.2, -0.15) is 23.5 Å². The number of nitriles is 1. The van der Waals surface area contributed by atoms with Crippen molar-refractivity contribution in [1.29, 1.82) is 5.26 Å². The summed E-state index contributed by atoms with van der Waals surface area (Å²) in [5, 5.41) is 14.4. The number of amides is 1. The Bertz CT molecular complexity index is 1530.